The molecule has 0 aliphatic rings. The van der Waals surface area contributed by atoms with Gasteiger partial charge in [0.05, 0.1) is 11.0 Å². The minimum absolute atomic E-state index is 0. The maximum atomic E-state index is 4.35. The molecule has 0 aliphatic carbocycles. The van der Waals surface area contributed by atoms with E-state index in [9.17, 15) is 0 Å². The van der Waals surface area contributed by atoms with Crippen LogP contribution in [0.1, 0.15) is 0 Å². The Labute approximate surface area is 119 Å². The van der Waals surface area contributed by atoms with Crippen molar-refractivity contribution in [3.63, 3.8) is 0 Å². The van der Waals surface area contributed by atoms with E-state index >= 15 is 0 Å². The van der Waals surface area contributed by atoms with Crippen LogP contribution in [0.15, 0.2) is 48.8 Å². The third kappa shape index (κ3) is 3.92. The van der Waals surface area contributed by atoms with Crippen LogP contribution in [0.2, 0.25) is 0 Å². The van der Waals surface area contributed by atoms with Gasteiger partial charge in [-0.2, -0.15) is 0 Å². The van der Waals surface area contributed by atoms with Gasteiger partial charge in [-0.3, -0.25) is 9.97 Å². The predicted octanol–water partition coefficient (Wildman–Crippen LogP) is -0.518. The number of benzene rings is 1. The summed E-state index contributed by atoms with van der Waals surface area (Å²) >= 11 is 0. The van der Waals surface area contributed by atoms with Crippen molar-refractivity contribution in [2.45, 2.75) is 0 Å². The zero-order chi connectivity index (χ0) is 9.38. The molecular formula is C12H16N2NiO4+2. The van der Waals surface area contributed by atoms with Gasteiger partial charge in [-0.25, -0.2) is 0 Å². The van der Waals surface area contributed by atoms with Gasteiger partial charge in [0, 0.05) is 23.2 Å². The molecule has 106 valence electrons. The first kappa shape index (κ1) is 22.5. The molecule has 0 bridgehead atoms. The molecule has 0 aliphatic heterocycles. The van der Waals surface area contributed by atoms with E-state index in [4.69, 9.17) is 0 Å². The molecule has 7 heteroatoms. The molecule has 3 rings (SSSR count). The standard InChI is InChI=1S/C12H8N2.Ni.4H2O/c1-3-9-5-6-10-4-2-8-14-12(10)11(9)13-7-1;;;;;/h1-8H;;4*1H2/q;+2;;;;. The molecule has 2 aromatic heterocycles. The second kappa shape index (κ2) is 9.32. The summed E-state index contributed by atoms with van der Waals surface area (Å²) in [7, 11) is 0. The topological polar surface area (TPSA) is 152 Å². The number of nitrogens with zero attached hydrogens (tertiary/aromatic N) is 2. The van der Waals surface area contributed by atoms with E-state index in [1.165, 1.54) is 0 Å². The van der Waals surface area contributed by atoms with Crippen LogP contribution in [0.5, 0.6) is 0 Å². The van der Waals surface area contributed by atoms with Crippen molar-refractivity contribution in [3.05, 3.63) is 48.8 Å². The number of rotatable bonds is 0. The Morgan fingerprint density at radius 1 is 0.579 bits per heavy atom. The van der Waals surface area contributed by atoms with Crippen LogP contribution in [0.3, 0.4) is 0 Å². The molecule has 0 atom stereocenters. The Balaban J connectivity index is -0.000000512. The van der Waals surface area contributed by atoms with E-state index in [0.29, 0.717) is 0 Å². The first-order valence-corrected chi connectivity index (χ1v) is 4.53. The number of aromatic nitrogens is 2. The van der Waals surface area contributed by atoms with Crippen molar-refractivity contribution in [2.75, 3.05) is 0 Å². The number of fused-ring (bicyclic) bond motifs is 3. The van der Waals surface area contributed by atoms with E-state index in [1.807, 2.05) is 12.1 Å². The number of hydrogen-bond donors (Lipinski definition) is 0. The van der Waals surface area contributed by atoms with Crippen molar-refractivity contribution in [1.29, 1.82) is 0 Å². The Kier molecular flexibility index (Phi) is 11.1. The molecule has 0 unspecified atom stereocenters. The number of hydrogen-bond acceptors (Lipinski definition) is 2. The quantitative estimate of drug-likeness (QED) is 0.405. The van der Waals surface area contributed by atoms with Crippen LogP contribution in [0.4, 0.5) is 0 Å². The molecule has 8 N–H and O–H groups in total. The zero-order valence-corrected chi connectivity index (χ0v) is 10.8. The minimum Gasteiger partial charge on any atom is -0.412 e. The van der Waals surface area contributed by atoms with Crippen molar-refractivity contribution < 1.29 is 38.4 Å². The van der Waals surface area contributed by atoms with E-state index in [1.54, 1.807) is 12.4 Å². The number of pyridine rings is 2. The molecule has 0 radical (unpaired) electrons. The Morgan fingerprint density at radius 3 is 1.32 bits per heavy atom. The largest absolute Gasteiger partial charge is 2.00 e. The van der Waals surface area contributed by atoms with E-state index in [0.717, 1.165) is 21.8 Å². The van der Waals surface area contributed by atoms with Crippen LogP contribution in [-0.4, -0.2) is 31.9 Å². The van der Waals surface area contributed by atoms with Gasteiger partial charge in [-0.05, 0) is 12.1 Å². The van der Waals surface area contributed by atoms with Gasteiger partial charge in [-0.1, -0.05) is 24.3 Å². The zero-order valence-electron chi connectivity index (χ0n) is 9.83. The van der Waals surface area contributed by atoms with Crippen LogP contribution in [-0.2, 0) is 16.5 Å². The smallest absolute Gasteiger partial charge is 0.412 e. The predicted molar refractivity (Wildman–Crippen MR) is 71.5 cm³/mol. The van der Waals surface area contributed by atoms with Crippen molar-refractivity contribution in [1.82, 2.24) is 9.97 Å². The summed E-state index contributed by atoms with van der Waals surface area (Å²) in [5, 5.41) is 2.28. The van der Waals surface area contributed by atoms with Gasteiger partial charge in [0.2, 0.25) is 0 Å². The Hall–Kier alpha value is -1.63. The monoisotopic (exact) mass is 310 g/mol. The van der Waals surface area contributed by atoms with Gasteiger partial charge >= 0.3 is 16.5 Å². The van der Waals surface area contributed by atoms with Crippen LogP contribution in [0.25, 0.3) is 21.8 Å². The summed E-state index contributed by atoms with van der Waals surface area (Å²) in [6.07, 6.45) is 3.60. The fraction of sp³-hybridized carbons (Fsp3) is 0. The average Bonchev–Trinajstić information content (AvgIpc) is 2.29. The summed E-state index contributed by atoms with van der Waals surface area (Å²) < 4.78 is 0. The molecule has 0 saturated heterocycles. The van der Waals surface area contributed by atoms with E-state index in [2.05, 4.69) is 34.2 Å². The molecule has 0 spiro atoms. The normalized spacial score (nSPS) is 8.00. The maximum Gasteiger partial charge on any atom is 2.00 e. The summed E-state index contributed by atoms with van der Waals surface area (Å²) in [6, 6.07) is 12.1. The second-order valence-electron chi connectivity index (χ2n) is 3.22. The van der Waals surface area contributed by atoms with Gasteiger partial charge < -0.3 is 21.9 Å². The van der Waals surface area contributed by atoms with Crippen LogP contribution >= 0.6 is 0 Å². The molecule has 2 heterocycles. The molecular weight excluding hydrogens is 295 g/mol. The third-order valence-electron chi connectivity index (χ3n) is 2.34. The van der Waals surface area contributed by atoms with Crippen molar-refractivity contribution in [3.8, 4) is 0 Å². The SMILES string of the molecule is O.O.O.O.[Ni+2].c1cnc2c(c1)ccc1cccnc12. The first-order valence-electron chi connectivity index (χ1n) is 4.53. The average molecular weight is 311 g/mol. The second-order valence-corrected chi connectivity index (χ2v) is 3.22. The summed E-state index contributed by atoms with van der Waals surface area (Å²) in [5.41, 5.74) is 1.95. The van der Waals surface area contributed by atoms with Gasteiger partial charge in [0.15, 0.2) is 0 Å². The van der Waals surface area contributed by atoms with Crippen molar-refractivity contribution >= 4 is 21.8 Å². The van der Waals surface area contributed by atoms with Gasteiger partial charge in [-0.15, -0.1) is 0 Å². The maximum absolute atomic E-state index is 4.35. The Bertz CT molecular complexity index is 567. The van der Waals surface area contributed by atoms with E-state index in [-0.39, 0.29) is 38.4 Å². The summed E-state index contributed by atoms with van der Waals surface area (Å²) in [6.45, 7) is 0. The van der Waals surface area contributed by atoms with Gasteiger partial charge in [0.25, 0.3) is 0 Å². The third-order valence-corrected chi connectivity index (χ3v) is 2.34. The molecule has 6 nitrogen and oxygen atoms in total. The van der Waals surface area contributed by atoms with Gasteiger partial charge in [0.1, 0.15) is 0 Å². The molecule has 0 fully saturated rings. The first-order chi connectivity index (χ1) is 6.95. The molecule has 1 aromatic carbocycles. The fourth-order valence-corrected chi connectivity index (χ4v) is 1.68. The minimum atomic E-state index is 0. The molecule has 3 aromatic rings. The van der Waals surface area contributed by atoms with Crippen molar-refractivity contribution in [2.24, 2.45) is 0 Å². The molecule has 19 heavy (non-hydrogen) atoms. The van der Waals surface area contributed by atoms with Crippen LogP contribution < -0.4 is 0 Å². The van der Waals surface area contributed by atoms with Crippen LogP contribution in [0, 0.1) is 0 Å². The van der Waals surface area contributed by atoms with E-state index < -0.39 is 0 Å². The fourth-order valence-electron chi connectivity index (χ4n) is 1.68. The molecule has 0 amide bonds. The summed E-state index contributed by atoms with van der Waals surface area (Å²) in [5.74, 6) is 0. The Morgan fingerprint density at radius 2 is 0.947 bits per heavy atom. The summed E-state index contributed by atoms with van der Waals surface area (Å²) in [4.78, 5) is 8.69. The molecule has 0 saturated carbocycles.